The molecule has 26 heavy (non-hydrogen) atoms. The number of aromatic nitrogens is 1. The lowest BCUT2D eigenvalue weighted by Crippen LogP contribution is -2.16. The van der Waals surface area contributed by atoms with E-state index < -0.39 is 4.92 Å². The van der Waals surface area contributed by atoms with Crippen molar-refractivity contribution in [2.45, 2.75) is 6.54 Å². The lowest BCUT2D eigenvalue weighted by Gasteiger charge is -2.05. The Morgan fingerprint density at radius 3 is 2.62 bits per heavy atom. The number of thiazole rings is 1. The quantitative estimate of drug-likeness (QED) is 0.381. The van der Waals surface area contributed by atoms with Crippen LogP contribution in [-0.2, 0) is 6.54 Å². The molecule has 0 radical (unpaired) electrons. The summed E-state index contributed by atoms with van der Waals surface area (Å²) in [6.45, 7) is 0.437. The summed E-state index contributed by atoms with van der Waals surface area (Å²) < 4.78 is 12.9. The number of nitro benzene ring substituents is 1. The first-order valence-electron chi connectivity index (χ1n) is 7.75. The largest absolute Gasteiger partial charge is 0.467 e. The molecule has 3 aromatic heterocycles. The van der Waals surface area contributed by atoms with Crippen molar-refractivity contribution in [3.8, 4) is 11.5 Å². The van der Waals surface area contributed by atoms with Crippen molar-refractivity contribution in [1.82, 2.24) is 4.57 Å². The SMILES string of the molecule is O=[N+]([O-])c1ccccc1N=c1scc(-c2ccco2)n1Cc1ccco1. The zero-order valence-electron chi connectivity index (χ0n) is 13.4. The van der Waals surface area contributed by atoms with Gasteiger partial charge in [0.2, 0.25) is 0 Å². The molecule has 8 heteroatoms. The maximum Gasteiger partial charge on any atom is 0.294 e. The number of nitro groups is 1. The second-order valence-corrected chi connectivity index (χ2v) is 6.24. The van der Waals surface area contributed by atoms with Crippen LogP contribution in [0.2, 0.25) is 0 Å². The standard InChI is InChI=1S/C18H13N3O4S/c22-21(23)15-7-2-1-6-14(15)19-18-20(11-13-5-3-9-24-13)16(12-26-18)17-8-4-10-25-17/h1-10,12H,11H2. The minimum absolute atomic E-state index is 0.0370. The normalized spacial score (nSPS) is 11.8. The van der Waals surface area contributed by atoms with Gasteiger partial charge in [0, 0.05) is 11.4 Å². The monoisotopic (exact) mass is 367 g/mol. The molecule has 4 rings (SSSR count). The summed E-state index contributed by atoms with van der Waals surface area (Å²) in [6.07, 6.45) is 3.21. The summed E-state index contributed by atoms with van der Waals surface area (Å²) in [7, 11) is 0. The van der Waals surface area contributed by atoms with Gasteiger partial charge in [-0.25, -0.2) is 4.99 Å². The Kier molecular flexibility index (Phi) is 4.24. The minimum Gasteiger partial charge on any atom is -0.467 e. The van der Waals surface area contributed by atoms with Crippen molar-refractivity contribution in [3.63, 3.8) is 0 Å². The summed E-state index contributed by atoms with van der Waals surface area (Å²) in [6, 6.07) is 13.8. The Bertz CT molecular complexity index is 1090. The van der Waals surface area contributed by atoms with Crippen LogP contribution in [0, 0.1) is 10.1 Å². The van der Waals surface area contributed by atoms with E-state index in [2.05, 4.69) is 4.99 Å². The van der Waals surface area contributed by atoms with E-state index in [1.807, 2.05) is 34.2 Å². The summed E-state index contributed by atoms with van der Waals surface area (Å²) in [5.41, 5.74) is 1.09. The van der Waals surface area contributed by atoms with Crippen LogP contribution in [0.5, 0.6) is 0 Å². The number of benzene rings is 1. The van der Waals surface area contributed by atoms with E-state index in [-0.39, 0.29) is 5.69 Å². The van der Waals surface area contributed by atoms with Crippen LogP contribution < -0.4 is 4.80 Å². The number of hydrogen-bond acceptors (Lipinski definition) is 6. The zero-order chi connectivity index (χ0) is 17.9. The third-order valence-corrected chi connectivity index (χ3v) is 4.62. The molecule has 0 amide bonds. The summed E-state index contributed by atoms with van der Waals surface area (Å²) in [5, 5.41) is 13.2. The number of para-hydroxylation sites is 2. The molecule has 0 aliphatic rings. The third kappa shape index (κ3) is 3.09. The highest BCUT2D eigenvalue weighted by molar-refractivity contribution is 7.07. The fourth-order valence-corrected chi connectivity index (χ4v) is 3.47. The molecule has 0 spiro atoms. The molecule has 7 nitrogen and oxygen atoms in total. The minimum atomic E-state index is -0.434. The number of rotatable bonds is 5. The van der Waals surface area contributed by atoms with Crippen molar-refractivity contribution in [3.05, 3.63) is 87.1 Å². The average Bonchev–Trinajstić information content (AvgIpc) is 3.38. The lowest BCUT2D eigenvalue weighted by molar-refractivity contribution is -0.384. The van der Waals surface area contributed by atoms with E-state index in [1.54, 1.807) is 30.7 Å². The zero-order valence-corrected chi connectivity index (χ0v) is 14.3. The predicted molar refractivity (Wildman–Crippen MR) is 96.1 cm³/mol. The van der Waals surface area contributed by atoms with E-state index in [0.29, 0.717) is 22.8 Å². The molecule has 0 N–H and O–H groups in total. The fraction of sp³-hybridized carbons (Fsp3) is 0.0556. The van der Waals surface area contributed by atoms with Gasteiger partial charge in [0.1, 0.15) is 11.4 Å². The Labute approximate surface area is 151 Å². The molecule has 0 aliphatic carbocycles. The van der Waals surface area contributed by atoms with Crippen molar-refractivity contribution in [1.29, 1.82) is 0 Å². The van der Waals surface area contributed by atoms with Crippen molar-refractivity contribution in [2.24, 2.45) is 4.99 Å². The van der Waals surface area contributed by atoms with Gasteiger partial charge < -0.3 is 13.4 Å². The van der Waals surface area contributed by atoms with Crippen molar-refractivity contribution < 1.29 is 13.8 Å². The second-order valence-electron chi connectivity index (χ2n) is 5.40. The van der Waals surface area contributed by atoms with Gasteiger partial charge in [0.05, 0.1) is 29.7 Å². The molecule has 0 aliphatic heterocycles. The smallest absolute Gasteiger partial charge is 0.294 e. The Morgan fingerprint density at radius 1 is 1.08 bits per heavy atom. The van der Waals surface area contributed by atoms with E-state index in [1.165, 1.54) is 17.4 Å². The average molecular weight is 367 g/mol. The van der Waals surface area contributed by atoms with Gasteiger partial charge in [-0.2, -0.15) is 0 Å². The van der Waals surface area contributed by atoms with Gasteiger partial charge in [0.25, 0.3) is 5.69 Å². The van der Waals surface area contributed by atoms with E-state index >= 15 is 0 Å². The van der Waals surface area contributed by atoms with Gasteiger partial charge in [-0.15, -0.1) is 11.3 Å². The highest BCUT2D eigenvalue weighted by atomic mass is 32.1. The number of nitrogens with zero attached hydrogens (tertiary/aromatic N) is 3. The molecule has 0 atom stereocenters. The highest BCUT2D eigenvalue weighted by Gasteiger charge is 2.15. The van der Waals surface area contributed by atoms with E-state index in [4.69, 9.17) is 8.83 Å². The summed E-state index contributed by atoms with van der Waals surface area (Å²) >= 11 is 1.38. The van der Waals surface area contributed by atoms with E-state index in [0.717, 1.165) is 11.5 Å². The molecule has 130 valence electrons. The molecule has 0 fully saturated rings. The molecular weight excluding hydrogens is 354 g/mol. The Hall–Kier alpha value is -3.39. The maximum absolute atomic E-state index is 11.3. The third-order valence-electron chi connectivity index (χ3n) is 3.76. The Morgan fingerprint density at radius 2 is 1.88 bits per heavy atom. The van der Waals surface area contributed by atoms with Crippen molar-refractivity contribution in [2.75, 3.05) is 0 Å². The van der Waals surface area contributed by atoms with Crippen molar-refractivity contribution >= 4 is 22.7 Å². The maximum atomic E-state index is 11.3. The summed E-state index contributed by atoms with van der Waals surface area (Å²) in [5.74, 6) is 1.44. The van der Waals surface area contributed by atoms with E-state index in [9.17, 15) is 10.1 Å². The first-order valence-corrected chi connectivity index (χ1v) is 8.63. The van der Waals surface area contributed by atoms with Crippen LogP contribution in [0.4, 0.5) is 11.4 Å². The predicted octanol–water partition coefficient (Wildman–Crippen LogP) is 4.59. The molecule has 0 bridgehead atoms. The molecule has 0 saturated carbocycles. The van der Waals surface area contributed by atoms with Gasteiger partial charge in [0.15, 0.2) is 10.6 Å². The molecule has 0 saturated heterocycles. The first kappa shape index (κ1) is 16.1. The topological polar surface area (TPSA) is 86.7 Å². The highest BCUT2D eigenvalue weighted by Crippen LogP contribution is 2.27. The molecule has 3 heterocycles. The van der Waals surface area contributed by atoms with Crippen LogP contribution in [0.25, 0.3) is 11.5 Å². The Balaban J connectivity index is 1.88. The molecular formula is C18H13N3O4S. The van der Waals surface area contributed by atoms with Crippen LogP contribution in [0.1, 0.15) is 5.76 Å². The van der Waals surface area contributed by atoms with Crippen LogP contribution in [0.3, 0.4) is 0 Å². The van der Waals surface area contributed by atoms with Gasteiger partial charge >= 0.3 is 0 Å². The number of furan rings is 2. The van der Waals surface area contributed by atoms with Gasteiger partial charge in [-0.1, -0.05) is 12.1 Å². The summed E-state index contributed by atoms with van der Waals surface area (Å²) in [4.78, 5) is 16.0. The molecule has 4 aromatic rings. The molecule has 1 aromatic carbocycles. The lowest BCUT2D eigenvalue weighted by atomic mass is 10.3. The van der Waals surface area contributed by atoms with Crippen LogP contribution in [0.15, 0.2) is 80.3 Å². The van der Waals surface area contributed by atoms with Gasteiger partial charge in [-0.05, 0) is 30.3 Å². The molecule has 0 unspecified atom stereocenters. The first-order chi connectivity index (χ1) is 12.7. The van der Waals surface area contributed by atoms with Crippen LogP contribution in [-0.4, -0.2) is 9.49 Å². The fourth-order valence-electron chi connectivity index (χ4n) is 2.57. The number of hydrogen-bond donors (Lipinski definition) is 0. The van der Waals surface area contributed by atoms with Crippen LogP contribution >= 0.6 is 11.3 Å². The second kappa shape index (κ2) is 6.85. The van der Waals surface area contributed by atoms with Gasteiger partial charge in [-0.3, -0.25) is 10.1 Å².